The van der Waals surface area contributed by atoms with Crippen LogP contribution in [0, 0.1) is 0 Å². The van der Waals surface area contributed by atoms with Crippen LogP contribution >= 0.6 is 24.0 Å². The molecule has 1 atom stereocenters. The molecule has 0 aliphatic carbocycles. The van der Waals surface area contributed by atoms with Crippen molar-refractivity contribution < 1.29 is 9.53 Å². The van der Waals surface area contributed by atoms with Crippen molar-refractivity contribution in [3.8, 4) is 0 Å². The van der Waals surface area contributed by atoms with Crippen molar-refractivity contribution >= 4 is 41.5 Å². The summed E-state index contributed by atoms with van der Waals surface area (Å²) < 4.78 is 5.10. The quantitative estimate of drug-likeness (QED) is 0.310. The number of aliphatic imine (C=N–C) groups is 1. The lowest BCUT2D eigenvalue weighted by atomic mass is 10.2. The monoisotopic (exact) mass is 463 g/mol. The van der Waals surface area contributed by atoms with Gasteiger partial charge in [0, 0.05) is 32.4 Å². The van der Waals surface area contributed by atoms with Crippen LogP contribution in [0.4, 0.5) is 5.69 Å². The second kappa shape index (κ2) is 12.9. The molecule has 0 fully saturated rings. The number of methoxy groups -OCH3 is 1. The summed E-state index contributed by atoms with van der Waals surface area (Å²) in [4.78, 5) is 17.8. The van der Waals surface area contributed by atoms with Gasteiger partial charge in [-0.25, -0.2) is 0 Å². The van der Waals surface area contributed by atoms with E-state index in [2.05, 4.69) is 20.9 Å². The summed E-state index contributed by atoms with van der Waals surface area (Å²) in [5.74, 6) is 0.678. The molecule has 1 unspecified atom stereocenters. The maximum absolute atomic E-state index is 11.8. The van der Waals surface area contributed by atoms with Gasteiger partial charge in [-0.05, 0) is 38.7 Å². The molecule has 0 heterocycles. The molecule has 8 heteroatoms. The van der Waals surface area contributed by atoms with E-state index in [1.54, 1.807) is 14.2 Å². The summed E-state index contributed by atoms with van der Waals surface area (Å²) in [6.45, 7) is 3.60. The lowest BCUT2D eigenvalue weighted by molar-refractivity contribution is -0.116. The minimum atomic E-state index is -0.0315. The molecular formula is C17H30IN5O2. The average molecular weight is 463 g/mol. The van der Waals surface area contributed by atoms with Crippen LogP contribution in [0.2, 0.25) is 0 Å². The first kappa shape index (κ1) is 23.6. The molecule has 0 aromatic heterocycles. The fourth-order valence-corrected chi connectivity index (χ4v) is 2.15. The highest BCUT2D eigenvalue weighted by Gasteiger charge is 2.06. The van der Waals surface area contributed by atoms with Crippen molar-refractivity contribution in [2.45, 2.75) is 19.5 Å². The van der Waals surface area contributed by atoms with E-state index < -0.39 is 0 Å². The molecule has 1 rings (SSSR count). The molecular weight excluding hydrogens is 433 g/mol. The number of halogens is 1. The van der Waals surface area contributed by atoms with Gasteiger partial charge in [0.05, 0.1) is 13.2 Å². The second-order valence-electron chi connectivity index (χ2n) is 5.91. The Morgan fingerprint density at radius 1 is 1.36 bits per heavy atom. The van der Waals surface area contributed by atoms with Crippen molar-refractivity contribution in [2.24, 2.45) is 4.99 Å². The van der Waals surface area contributed by atoms with E-state index in [4.69, 9.17) is 4.74 Å². The van der Waals surface area contributed by atoms with E-state index in [1.165, 1.54) is 0 Å². The van der Waals surface area contributed by atoms with Gasteiger partial charge in [-0.15, -0.1) is 24.0 Å². The predicted octanol–water partition coefficient (Wildman–Crippen LogP) is 1.50. The van der Waals surface area contributed by atoms with Gasteiger partial charge in [-0.3, -0.25) is 9.79 Å². The molecule has 1 amide bonds. The maximum Gasteiger partial charge on any atom is 0.238 e. The highest BCUT2D eigenvalue weighted by Crippen LogP contribution is 2.10. The number of anilines is 1. The van der Waals surface area contributed by atoms with Crippen LogP contribution < -0.4 is 16.0 Å². The van der Waals surface area contributed by atoms with Crippen LogP contribution in [0.25, 0.3) is 0 Å². The number of hydrogen-bond acceptors (Lipinski definition) is 4. The summed E-state index contributed by atoms with van der Waals surface area (Å²) in [6.07, 6.45) is 0. The van der Waals surface area contributed by atoms with Gasteiger partial charge in [0.1, 0.15) is 0 Å². The Balaban J connectivity index is 0.00000576. The number of likely N-dealkylation sites (N-methyl/N-ethyl adjacent to an activating group) is 1. The third-order valence-electron chi connectivity index (χ3n) is 3.15. The number of amides is 1. The number of benzene rings is 1. The molecule has 3 N–H and O–H groups in total. The Morgan fingerprint density at radius 2 is 2.08 bits per heavy atom. The second-order valence-corrected chi connectivity index (χ2v) is 5.91. The highest BCUT2D eigenvalue weighted by molar-refractivity contribution is 14.0. The van der Waals surface area contributed by atoms with Gasteiger partial charge < -0.3 is 25.6 Å². The standard InChI is InChI=1S/C17H29N5O2.HI/c1-13(12-24-5)20-17(18-2)19-10-14-7-6-8-15(9-14)21-16(23)11-22(3)4;/h6-9,13H,10-12H2,1-5H3,(H,21,23)(H2,18,19,20);1H. The van der Waals surface area contributed by atoms with Gasteiger partial charge >= 0.3 is 0 Å². The average Bonchev–Trinajstić information content (AvgIpc) is 2.51. The van der Waals surface area contributed by atoms with Crippen molar-refractivity contribution in [2.75, 3.05) is 46.7 Å². The Kier molecular flexibility index (Phi) is 12.2. The third kappa shape index (κ3) is 10.3. The van der Waals surface area contributed by atoms with Gasteiger partial charge in [0.2, 0.25) is 5.91 Å². The Bertz CT molecular complexity index is 552. The lowest BCUT2D eigenvalue weighted by Crippen LogP contribution is -2.43. The summed E-state index contributed by atoms with van der Waals surface area (Å²) in [6, 6.07) is 7.92. The topological polar surface area (TPSA) is 78.0 Å². The number of carbonyl (C=O) groups excluding carboxylic acids is 1. The van der Waals surface area contributed by atoms with Gasteiger partial charge in [-0.2, -0.15) is 0 Å². The van der Waals surface area contributed by atoms with Gasteiger partial charge in [0.15, 0.2) is 5.96 Å². The zero-order valence-corrected chi connectivity index (χ0v) is 18.0. The van der Waals surface area contributed by atoms with Crippen molar-refractivity contribution in [3.05, 3.63) is 29.8 Å². The SMILES string of the molecule is CN=C(NCc1cccc(NC(=O)CN(C)C)c1)NC(C)COC.I. The molecule has 142 valence electrons. The van der Waals surface area contributed by atoms with Crippen LogP contribution in [0.15, 0.2) is 29.3 Å². The molecule has 25 heavy (non-hydrogen) atoms. The maximum atomic E-state index is 11.8. The first-order valence-corrected chi connectivity index (χ1v) is 7.94. The molecule has 7 nitrogen and oxygen atoms in total. The van der Waals surface area contributed by atoms with Crippen molar-refractivity contribution in [3.63, 3.8) is 0 Å². The number of ether oxygens (including phenoxy) is 1. The molecule has 0 aliphatic rings. The van der Waals surface area contributed by atoms with Crippen LogP contribution in [-0.2, 0) is 16.1 Å². The molecule has 0 radical (unpaired) electrons. The van der Waals surface area contributed by atoms with Gasteiger partial charge in [-0.1, -0.05) is 12.1 Å². The molecule has 1 aromatic carbocycles. The molecule has 1 aromatic rings. The van der Waals surface area contributed by atoms with Gasteiger partial charge in [0.25, 0.3) is 0 Å². The van der Waals surface area contributed by atoms with E-state index in [0.717, 1.165) is 11.3 Å². The number of nitrogens with one attached hydrogen (secondary N) is 3. The minimum Gasteiger partial charge on any atom is -0.383 e. The summed E-state index contributed by atoms with van der Waals surface area (Å²) in [5, 5.41) is 9.39. The van der Waals surface area contributed by atoms with Crippen LogP contribution in [0.3, 0.4) is 0 Å². The van der Waals surface area contributed by atoms with Crippen LogP contribution in [0.1, 0.15) is 12.5 Å². The van der Waals surface area contributed by atoms with Crippen LogP contribution in [0.5, 0.6) is 0 Å². The Morgan fingerprint density at radius 3 is 2.68 bits per heavy atom. The fourth-order valence-electron chi connectivity index (χ4n) is 2.15. The number of guanidine groups is 1. The van der Waals surface area contributed by atoms with Crippen molar-refractivity contribution in [1.29, 1.82) is 0 Å². The lowest BCUT2D eigenvalue weighted by Gasteiger charge is -2.17. The van der Waals surface area contributed by atoms with Crippen LogP contribution in [-0.4, -0.2) is 64.2 Å². The summed E-state index contributed by atoms with van der Waals surface area (Å²) in [5.41, 5.74) is 1.84. The first-order chi connectivity index (χ1) is 11.4. The number of carbonyl (C=O) groups is 1. The molecule has 0 aliphatic heterocycles. The normalized spacial score (nSPS) is 12.3. The highest BCUT2D eigenvalue weighted by atomic mass is 127. The largest absolute Gasteiger partial charge is 0.383 e. The number of rotatable bonds is 8. The third-order valence-corrected chi connectivity index (χ3v) is 3.15. The van der Waals surface area contributed by atoms with E-state index in [0.29, 0.717) is 25.7 Å². The zero-order chi connectivity index (χ0) is 17.9. The fraction of sp³-hybridized carbons (Fsp3) is 0.529. The summed E-state index contributed by atoms with van der Waals surface area (Å²) >= 11 is 0. The number of nitrogens with zero attached hydrogens (tertiary/aromatic N) is 2. The number of hydrogen-bond donors (Lipinski definition) is 3. The molecule has 0 saturated heterocycles. The van der Waals surface area contributed by atoms with Crippen molar-refractivity contribution in [1.82, 2.24) is 15.5 Å². The molecule has 0 spiro atoms. The first-order valence-electron chi connectivity index (χ1n) is 7.94. The Hall–Kier alpha value is -1.39. The Labute approximate surface area is 167 Å². The molecule has 0 bridgehead atoms. The zero-order valence-electron chi connectivity index (χ0n) is 15.6. The van der Waals surface area contributed by atoms with E-state index in [-0.39, 0.29) is 35.9 Å². The van der Waals surface area contributed by atoms with E-state index in [1.807, 2.05) is 50.2 Å². The summed E-state index contributed by atoms with van der Waals surface area (Å²) in [7, 11) is 7.13. The predicted molar refractivity (Wildman–Crippen MR) is 114 cm³/mol. The smallest absolute Gasteiger partial charge is 0.238 e. The van der Waals surface area contributed by atoms with E-state index >= 15 is 0 Å². The van der Waals surface area contributed by atoms with E-state index in [9.17, 15) is 4.79 Å². The minimum absolute atomic E-state index is 0. The molecule has 0 saturated carbocycles.